The quantitative estimate of drug-likeness (QED) is 0.729. The molecule has 0 fully saturated rings. The highest BCUT2D eigenvalue weighted by molar-refractivity contribution is 7.98. The zero-order chi connectivity index (χ0) is 12.8. The van der Waals surface area contributed by atoms with Crippen molar-refractivity contribution in [1.82, 2.24) is 4.90 Å². The number of thioether (sulfide) groups is 1. The Balaban J connectivity index is 2.57. The second-order valence-electron chi connectivity index (χ2n) is 4.15. The molecule has 0 saturated heterocycles. The van der Waals surface area contributed by atoms with E-state index in [0.29, 0.717) is 18.2 Å². The molecule has 0 saturated carbocycles. The first-order valence-electron chi connectivity index (χ1n) is 5.52. The molecule has 0 aliphatic heterocycles. The van der Waals surface area contributed by atoms with Crippen LogP contribution in [0.15, 0.2) is 24.3 Å². The molecule has 0 radical (unpaired) electrons. The Hall–Kier alpha value is -0.870. The summed E-state index contributed by atoms with van der Waals surface area (Å²) in [6, 6.07) is 6.06. The number of ketones is 1. The first-order valence-corrected chi connectivity index (χ1v) is 6.92. The van der Waals surface area contributed by atoms with Crippen LogP contribution in [-0.4, -0.2) is 42.3 Å². The van der Waals surface area contributed by atoms with Gasteiger partial charge in [0.2, 0.25) is 0 Å². The normalized spacial score (nSPS) is 12.8. The molecular formula is C13H18FNOS. The summed E-state index contributed by atoms with van der Waals surface area (Å²) in [6.45, 7) is 2.46. The first kappa shape index (κ1) is 14.2. The van der Waals surface area contributed by atoms with E-state index in [2.05, 4.69) is 6.92 Å². The molecule has 0 spiro atoms. The highest BCUT2D eigenvalue weighted by Gasteiger charge is 2.13. The smallest absolute Gasteiger partial charge is 0.176 e. The fourth-order valence-electron chi connectivity index (χ4n) is 1.48. The summed E-state index contributed by atoms with van der Waals surface area (Å²) in [5.74, 6) is 0.707. The predicted octanol–water partition coefficient (Wildman–Crippen LogP) is 2.69. The molecule has 0 amide bonds. The molecule has 0 aliphatic rings. The highest BCUT2D eigenvalue weighted by atomic mass is 32.2. The number of carbonyl (C=O) groups excluding carboxylic acids is 1. The van der Waals surface area contributed by atoms with E-state index in [0.717, 1.165) is 5.75 Å². The maximum absolute atomic E-state index is 12.7. The van der Waals surface area contributed by atoms with Crippen molar-refractivity contribution in [2.45, 2.75) is 13.0 Å². The molecular weight excluding hydrogens is 237 g/mol. The Morgan fingerprint density at radius 1 is 1.41 bits per heavy atom. The summed E-state index contributed by atoms with van der Waals surface area (Å²) < 4.78 is 12.7. The Morgan fingerprint density at radius 3 is 2.53 bits per heavy atom. The molecule has 1 atom stereocenters. The minimum atomic E-state index is -0.314. The van der Waals surface area contributed by atoms with Crippen molar-refractivity contribution < 1.29 is 9.18 Å². The van der Waals surface area contributed by atoms with Gasteiger partial charge in [0.05, 0.1) is 6.54 Å². The van der Waals surface area contributed by atoms with E-state index in [-0.39, 0.29) is 11.6 Å². The van der Waals surface area contributed by atoms with Gasteiger partial charge in [-0.15, -0.1) is 0 Å². The Bertz CT molecular complexity index is 366. The monoisotopic (exact) mass is 255 g/mol. The molecule has 1 aromatic carbocycles. The van der Waals surface area contributed by atoms with Crippen LogP contribution in [0.25, 0.3) is 0 Å². The number of carbonyl (C=O) groups is 1. The van der Waals surface area contributed by atoms with Crippen molar-refractivity contribution in [3.8, 4) is 0 Å². The van der Waals surface area contributed by atoms with Crippen LogP contribution in [-0.2, 0) is 0 Å². The highest BCUT2D eigenvalue weighted by Crippen LogP contribution is 2.07. The van der Waals surface area contributed by atoms with E-state index in [4.69, 9.17) is 0 Å². The third-order valence-corrected chi connectivity index (χ3v) is 3.54. The zero-order valence-electron chi connectivity index (χ0n) is 10.4. The van der Waals surface area contributed by atoms with Gasteiger partial charge in [-0.2, -0.15) is 11.8 Å². The van der Waals surface area contributed by atoms with Gasteiger partial charge in [-0.3, -0.25) is 9.69 Å². The molecule has 1 unspecified atom stereocenters. The van der Waals surface area contributed by atoms with E-state index in [1.807, 2.05) is 18.2 Å². The van der Waals surface area contributed by atoms with Crippen molar-refractivity contribution in [1.29, 1.82) is 0 Å². The van der Waals surface area contributed by atoms with Crippen molar-refractivity contribution in [3.63, 3.8) is 0 Å². The van der Waals surface area contributed by atoms with Gasteiger partial charge >= 0.3 is 0 Å². The fourth-order valence-corrected chi connectivity index (χ4v) is 2.21. The van der Waals surface area contributed by atoms with Gasteiger partial charge in [0.25, 0.3) is 0 Å². The largest absolute Gasteiger partial charge is 0.295 e. The van der Waals surface area contributed by atoms with Gasteiger partial charge in [-0.25, -0.2) is 4.39 Å². The summed E-state index contributed by atoms with van der Waals surface area (Å²) in [7, 11) is 1.93. The molecule has 1 rings (SSSR count). The van der Waals surface area contributed by atoms with Crippen molar-refractivity contribution in [3.05, 3.63) is 35.6 Å². The van der Waals surface area contributed by atoms with E-state index < -0.39 is 0 Å². The first-order chi connectivity index (χ1) is 8.04. The van der Waals surface area contributed by atoms with Crippen molar-refractivity contribution in [2.75, 3.05) is 25.6 Å². The number of rotatable bonds is 6. The third kappa shape index (κ3) is 4.48. The SMILES string of the molecule is CSCC(C)N(C)CC(=O)c1ccc(F)cc1. The average Bonchev–Trinajstić information content (AvgIpc) is 2.30. The summed E-state index contributed by atoms with van der Waals surface area (Å²) in [5, 5.41) is 0. The average molecular weight is 255 g/mol. The molecule has 17 heavy (non-hydrogen) atoms. The maximum Gasteiger partial charge on any atom is 0.176 e. The lowest BCUT2D eigenvalue weighted by Gasteiger charge is -2.23. The molecule has 0 bridgehead atoms. The van der Waals surface area contributed by atoms with Crippen LogP contribution in [0.2, 0.25) is 0 Å². The van der Waals surface area contributed by atoms with Gasteiger partial charge in [-0.1, -0.05) is 0 Å². The Morgan fingerprint density at radius 2 is 2.00 bits per heavy atom. The predicted molar refractivity (Wildman–Crippen MR) is 71.2 cm³/mol. The molecule has 4 heteroatoms. The number of hydrogen-bond donors (Lipinski definition) is 0. The summed E-state index contributed by atoms with van der Waals surface area (Å²) in [5.41, 5.74) is 0.564. The summed E-state index contributed by atoms with van der Waals surface area (Å²) >= 11 is 1.76. The maximum atomic E-state index is 12.7. The van der Waals surface area contributed by atoms with Crippen LogP contribution in [0.5, 0.6) is 0 Å². The number of halogens is 1. The standard InChI is InChI=1S/C13H18FNOS/c1-10(9-17-3)15(2)8-13(16)11-4-6-12(14)7-5-11/h4-7,10H,8-9H2,1-3H3. The van der Waals surface area contributed by atoms with Gasteiger partial charge in [0.15, 0.2) is 5.78 Å². The molecule has 0 aliphatic carbocycles. The second-order valence-corrected chi connectivity index (χ2v) is 5.06. The lowest BCUT2D eigenvalue weighted by atomic mass is 10.1. The number of nitrogens with zero attached hydrogens (tertiary/aromatic N) is 1. The molecule has 94 valence electrons. The van der Waals surface area contributed by atoms with Crippen LogP contribution in [0, 0.1) is 5.82 Å². The van der Waals surface area contributed by atoms with Gasteiger partial charge in [0, 0.05) is 17.4 Å². The van der Waals surface area contributed by atoms with Crippen molar-refractivity contribution >= 4 is 17.5 Å². The molecule has 1 aromatic rings. The molecule has 2 nitrogen and oxygen atoms in total. The number of likely N-dealkylation sites (N-methyl/N-ethyl adjacent to an activating group) is 1. The molecule has 0 aromatic heterocycles. The summed E-state index contributed by atoms with van der Waals surface area (Å²) in [4.78, 5) is 13.9. The number of hydrogen-bond acceptors (Lipinski definition) is 3. The topological polar surface area (TPSA) is 20.3 Å². The molecule has 0 N–H and O–H groups in total. The van der Waals surface area contributed by atoms with E-state index in [1.54, 1.807) is 11.8 Å². The van der Waals surface area contributed by atoms with Crippen LogP contribution in [0.3, 0.4) is 0 Å². The minimum Gasteiger partial charge on any atom is -0.295 e. The van der Waals surface area contributed by atoms with Gasteiger partial charge in [0.1, 0.15) is 5.82 Å². The summed E-state index contributed by atoms with van der Waals surface area (Å²) in [6.07, 6.45) is 2.05. The minimum absolute atomic E-state index is 0.0282. The van der Waals surface area contributed by atoms with Crippen LogP contribution in [0.4, 0.5) is 4.39 Å². The van der Waals surface area contributed by atoms with E-state index in [9.17, 15) is 9.18 Å². The van der Waals surface area contributed by atoms with Crippen LogP contribution < -0.4 is 0 Å². The third-order valence-electron chi connectivity index (χ3n) is 2.72. The second kappa shape index (κ2) is 6.77. The number of benzene rings is 1. The zero-order valence-corrected chi connectivity index (χ0v) is 11.3. The van der Waals surface area contributed by atoms with Crippen LogP contribution in [0.1, 0.15) is 17.3 Å². The van der Waals surface area contributed by atoms with Crippen molar-refractivity contribution in [2.24, 2.45) is 0 Å². The van der Waals surface area contributed by atoms with E-state index >= 15 is 0 Å². The Kier molecular flexibility index (Phi) is 5.65. The fraction of sp³-hybridized carbons (Fsp3) is 0.462. The number of Topliss-reactive ketones (excluding diaryl/α,β-unsaturated/α-hetero) is 1. The van der Waals surface area contributed by atoms with Crippen LogP contribution >= 0.6 is 11.8 Å². The lowest BCUT2D eigenvalue weighted by Crippen LogP contribution is -2.35. The Labute approximate surface area is 106 Å². The molecule has 0 heterocycles. The van der Waals surface area contributed by atoms with Gasteiger partial charge < -0.3 is 0 Å². The van der Waals surface area contributed by atoms with E-state index in [1.165, 1.54) is 24.3 Å². The van der Waals surface area contributed by atoms with Gasteiger partial charge in [-0.05, 0) is 44.5 Å². The lowest BCUT2D eigenvalue weighted by molar-refractivity contribution is 0.0931.